The molecular weight excluding hydrogens is 334 g/mol. The molecule has 7 heteroatoms. The molecule has 0 bridgehead atoms. The summed E-state index contributed by atoms with van der Waals surface area (Å²) in [7, 11) is 1.56. The number of carbonyl (C=O) groups is 3. The highest BCUT2D eigenvalue weighted by Crippen LogP contribution is 2.19. The van der Waals surface area contributed by atoms with Crippen molar-refractivity contribution in [1.29, 1.82) is 0 Å². The predicted octanol–water partition coefficient (Wildman–Crippen LogP) is 3.18. The Morgan fingerprint density at radius 2 is 1.69 bits per heavy atom. The van der Waals surface area contributed by atoms with Crippen molar-refractivity contribution in [2.75, 3.05) is 24.3 Å². The van der Waals surface area contributed by atoms with Crippen LogP contribution >= 0.6 is 0 Å². The molecule has 3 N–H and O–H groups in total. The average Bonchev–Trinajstić information content (AvgIpc) is 2.63. The van der Waals surface area contributed by atoms with Gasteiger partial charge in [0.1, 0.15) is 0 Å². The van der Waals surface area contributed by atoms with Crippen LogP contribution in [0.4, 0.5) is 16.2 Å². The van der Waals surface area contributed by atoms with Crippen LogP contribution in [0.1, 0.15) is 33.2 Å². The van der Waals surface area contributed by atoms with Gasteiger partial charge < -0.3 is 15.4 Å². The van der Waals surface area contributed by atoms with Crippen molar-refractivity contribution < 1.29 is 19.1 Å². The molecule has 0 saturated carbocycles. The van der Waals surface area contributed by atoms with Gasteiger partial charge in [-0.1, -0.05) is 6.07 Å². The van der Waals surface area contributed by atoms with Gasteiger partial charge in [0.2, 0.25) is 0 Å². The van der Waals surface area contributed by atoms with Gasteiger partial charge in [0.05, 0.1) is 6.61 Å². The normalized spacial score (nSPS) is 9.96. The van der Waals surface area contributed by atoms with Gasteiger partial charge in [-0.3, -0.25) is 14.9 Å². The molecule has 0 radical (unpaired) electrons. The maximum absolute atomic E-state index is 12.5. The molecule has 0 heterocycles. The summed E-state index contributed by atoms with van der Waals surface area (Å²) in [6.07, 6.45) is -0.578. The predicted molar refractivity (Wildman–Crippen MR) is 99.6 cm³/mol. The molecule has 7 nitrogen and oxygen atoms in total. The number of benzene rings is 2. The second-order valence-corrected chi connectivity index (χ2v) is 5.49. The summed E-state index contributed by atoms with van der Waals surface area (Å²) in [4.78, 5) is 35.6. The van der Waals surface area contributed by atoms with Crippen molar-refractivity contribution in [2.45, 2.75) is 13.8 Å². The molecule has 2 aromatic carbocycles. The number of aryl methyl sites for hydroxylation is 1. The van der Waals surface area contributed by atoms with Gasteiger partial charge >= 0.3 is 6.09 Å². The average molecular weight is 355 g/mol. The number of amides is 3. The summed E-state index contributed by atoms with van der Waals surface area (Å²) in [6, 6.07) is 11.5. The van der Waals surface area contributed by atoms with E-state index in [1.807, 2.05) is 0 Å². The molecule has 0 aliphatic carbocycles. The van der Waals surface area contributed by atoms with Crippen molar-refractivity contribution in [2.24, 2.45) is 0 Å². The van der Waals surface area contributed by atoms with Crippen LogP contribution < -0.4 is 16.0 Å². The molecule has 0 atom stereocenters. The van der Waals surface area contributed by atoms with Gasteiger partial charge in [0.25, 0.3) is 11.8 Å². The van der Waals surface area contributed by atoms with E-state index < -0.39 is 6.09 Å². The SMILES string of the molecule is CCOC(=O)Nc1cccc(C(=O)Nc2ccc(C(=O)NC)cc2C)c1. The van der Waals surface area contributed by atoms with Crippen LogP contribution in [0.2, 0.25) is 0 Å². The number of nitrogens with one attached hydrogen (secondary N) is 3. The third kappa shape index (κ3) is 4.83. The lowest BCUT2D eigenvalue weighted by molar-refractivity contribution is 0.0962. The van der Waals surface area contributed by atoms with E-state index in [0.717, 1.165) is 5.56 Å². The van der Waals surface area contributed by atoms with Crippen LogP contribution in [-0.2, 0) is 4.74 Å². The lowest BCUT2D eigenvalue weighted by atomic mass is 10.1. The quantitative estimate of drug-likeness (QED) is 0.767. The van der Waals surface area contributed by atoms with Crippen LogP contribution in [0, 0.1) is 6.92 Å². The van der Waals surface area contributed by atoms with Crippen molar-refractivity contribution >= 4 is 29.3 Å². The highest BCUT2D eigenvalue weighted by Gasteiger charge is 2.11. The zero-order valence-corrected chi connectivity index (χ0v) is 14.9. The summed E-state index contributed by atoms with van der Waals surface area (Å²) >= 11 is 0. The molecule has 3 amide bonds. The molecule has 2 rings (SSSR count). The van der Waals surface area contributed by atoms with E-state index in [-0.39, 0.29) is 18.4 Å². The summed E-state index contributed by atoms with van der Waals surface area (Å²) in [5.74, 6) is -0.517. The maximum Gasteiger partial charge on any atom is 0.411 e. The summed E-state index contributed by atoms with van der Waals surface area (Å²) < 4.78 is 4.81. The highest BCUT2D eigenvalue weighted by atomic mass is 16.5. The Labute approximate surface area is 151 Å². The minimum atomic E-state index is -0.578. The van der Waals surface area contributed by atoms with Crippen molar-refractivity contribution in [3.8, 4) is 0 Å². The fourth-order valence-corrected chi connectivity index (χ4v) is 2.31. The van der Waals surface area contributed by atoms with E-state index in [4.69, 9.17) is 4.74 Å². The number of carbonyl (C=O) groups excluding carboxylic acids is 3. The van der Waals surface area contributed by atoms with Gasteiger partial charge in [-0.2, -0.15) is 0 Å². The first kappa shape index (κ1) is 19.0. The molecule has 26 heavy (non-hydrogen) atoms. The van der Waals surface area contributed by atoms with Gasteiger partial charge in [0.15, 0.2) is 0 Å². The molecule has 0 fully saturated rings. The first-order valence-corrected chi connectivity index (χ1v) is 8.12. The monoisotopic (exact) mass is 355 g/mol. The topological polar surface area (TPSA) is 96.5 Å². The number of hydrogen-bond acceptors (Lipinski definition) is 4. The van der Waals surface area contributed by atoms with E-state index in [1.165, 1.54) is 0 Å². The van der Waals surface area contributed by atoms with Crippen molar-refractivity contribution in [3.05, 3.63) is 59.2 Å². The Kier molecular flexibility index (Phi) is 6.32. The Morgan fingerprint density at radius 1 is 0.962 bits per heavy atom. The third-order valence-corrected chi connectivity index (χ3v) is 3.61. The van der Waals surface area contributed by atoms with E-state index in [0.29, 0.717) is 22.5 Å². The molecular formula is C19H21N3O4. The van der Waals surface area contributed by atoms with Gasteiger partial charge in [-0.25, -0.2) is 4.79 Å². The van der Waals surface area contributed by atoms with Crippen LogP contribution in [0.5, 0.6) is 0 Å². The smallest absolute Gasteiger partial charge is 0.411 e. The fraction of sp³-hybridized carbons (Fsp3) is 0.211. The fourth-order valence-electron chi connectivity index (χ4n) is 2.31. The number of ether oxygens (including phenoxy) is 1. The lowest BCUT2D eigenvalue weighted by Crippen LogP contribution is -2.18. The van der Waals surface area contributed by atoms with Gasteiger partial charge in [-0.05, 0) is 55.8 Å². The number of hydrogen-bond donors (Lipinski definition) is 3. The zero-order valence-electron chi connectivity index (χ0n) is 14.9. The maximum atomic E-state index is 12.5. The Balaban J connectivity index is 2.12. The zero-order chi connectivity index (χ0) is 19.1. The van der Waals surface area contributed by atoms with Crippen LogP contribution in [0.15, 0.2) is 42.5 Å². The standard InChI is InChI=1S/C19H21N3O4/c1-4-26-19(25)21-15-7-5-6-13(11-15)18(24)22-16-9-8-14(10-12(16)2)17(23)20-3/h5-11H,4H2,1-3H3,(H,20,23)(H,21,25)(H,22,24). The minimum absolute atomic E-state index is 0.191. The molecule has 0 unspecified atom stereocenters. The minimum Gasteiger partial charge on any atom is -0.450 e. The van der Waals surface area contributed by atoms with Gasteiger partial charge in [-0.15, -0.1) is 0 Å². The van der Waals surface area contributed by atoms with E-state index >= 15 is 0 Å². The number of rotatable bonds is 5. The van der Waals surface area contributed by atoms with Crippen molar-refractivity contribution in [1.82, 2.24) is 5.32 Å². The van der Waals surface area contributed by atoms with Crippen LogP contribution in [0.25, 0.3) is 0 Å². The van der Waals surface area contributed by atoms with Gasteiger partial charge in [0, 0.05) is 29.5 Å². The molecule has 2 aromatic rings. The second kappa shape index (κ2) is 8.66. The van der Waals surface area contributed by atoms with E-state index in [9.17, 15) is 14.4 Å². The molecule has 0 aliphatic rings. The molecule has 136 valence electrons. The lowest BCUT2D eigenvalue weighted by Gasteiger charge is -2.11. The molecule has 0 spiro atoms. The Hall–Kier alpha value is -3.35. The summed E-state index contributed by atoms with van der Waals surface area (Å²) in [5.41, 5.74) is 2.73. The largest absolute Gasteiger partial charge is 0.450 e. The van der Waals surface area contributed by atoms with Crippen molar-refractivity contribution in [3.63, 3.8) is 0 Å². The first-order chi connectivity index (χ1) is 12.4. The third-order valence-electron chi connectivity index (χ3n) is 3.61. The molecule has 0 saturated heterocycles. The summed E-state index contributed by atoms with van der Waals surface area (Å²) in [6.45, 7) is 3.78. The first-order valence-electron chi connectivity index (χ1n) is 8.12. The number of anilines is 2. The second-order valence-electron chi connectivity index (χ2n) is 5.49. The Bertz CT molecular complexity index is 833. The molecule has 0 aromatic heterocycles. The highest BCUT2D eigenvalue weighted by molar-refractivity contribution is 6.06. The summed E-state index contributed by atoms with van der Waals surface area (Å²) in [5, 5.41) is 7.91. The van der Waals surface area contributed by atoms with E-state index in [1.54, 1.807) is 63.4 Å². The Morgan fingerprint density at radius 3 is 2.35 bits per heavy atom. The van der Waals surface area contributed by atoms with E-state index in [2.05, 4.69) is 16.0 Å². The van der Waals surface area contributed by atoms with Crippen LogP contribution in [-0.4, -0.2) is 31.6 Å². The molecule has 0 aliphatic heterocycles. The van der Waals surface area contributed by atoms with Crippen LogP contribution in [0.3, 0.4) is 0 Å².